The molecule has 37 heavy (non-hydrogen) atoms. The Bertz CT molecular complexity index is 1670. The van der Waals surface area contributed by atoms with Gasteiger partial charge in [0, 0.05) is 36.6 Å². The van der Waals surface area contributed by atoms with Crippen LogP contribution in [-0.4, -0.2) is 61.0 Å². The lowest BCUT2D eigenvalue weighted by Gasteiger charge is -2.35. The Kier molecular flexibility index (Phi) is 6.48. The average Bonchev–Trinajstić information content (AvgIpc) is 2.84. The van der Waals surface area contributed by atoms with Crippen molar-refractivity contribution >= 4 is 33.0 Å². The van der Waals surface area contributed by atoms with Gasteiger partial charge in [-0.15, -0.1) is 0 Å². The molecule has 0 amide bonds. The number of fused-ring (bicyclic) bond motifs is 1. The van der Waals surface area contributed by atoms with Crippen molar-refractivity contribution in [3.8, 4) is 22.8 Å². The molecule has 1 aliphatic heterocycles. The average molecular weight is 546 g/mol. The number of halogens is 2. The van der Waals surface area contributed by atoms with Gasteiger partial charge in [0.05, 0.1) is 18.3 Å². The van der Waals surface area contributed by atoms with Gasteiger partial charge in [-0.05, 0) is 43.4 Å². The van der Waals surface area contributed by atoms with E-state index in [0.29, 0.717) is 16.8 Å². The van der Waals surface area contributed by atoms with Gasteiger partial charge in [0.1, 0.15) is 28.2 Å². The smallest absolute Gasteiger partial charge is 0.300 e. The molecule has 5 rings (SSSR count). The molecule has 0 bridgehead atoms. The molecule has 1 aliphatic rings. The summed E-state index contributed by atoms with van der Waals surface area (Å²) >= 11 is 5.96. The van der Waals surface area contributed by atoms with Gasteiger partial charge in [0.2, 0.25) is 11.6 Å². The number of hydrogen-bond donors (Lipinski definition) is 1. The molecule has 0 unspecified atom stereocenters. The van der Waals surface area contributed by atoms with Gasteiger partial charge >= 0.3 is 0 Å². The maximum Gasteiger partial charge on any atom is 0.300 e. The lowest BCUT2D eigenvalue weighted by atomic mass is 10.1. The van der Waals surface area contributed by atoms with Gasteiger partial charge in [-0.25, -0.2) is 22.8 Å². The molecule has 1 N–H and O–H groups in total. The first-order valence-corrected chi connectivity index (χ1v) is 12.9. The van der Waals surface area contributed by atoms with Crippen molar-refractivity contribution in [3.63, 3.8) is 0 Å². The van der Waals surface area contributed by atoms with E-state index in [0.717, 1.165) is 31.3 Å². The molecule has 1 fully saturated rings. The standard InChI is InChI=1S/C24H21ClFN5O5S/c1-30-12-17(13-30)36-20-10-27-22-6-3-14(11-31(22)24(20)32)15-7-19(23(35-2)28-9-15)29-37(33,34)21-5-4-16(26)8-18(21)25/h3-11,17,29H,12-13H2,1-2H3. The van der Waals surface area contributed by atoms with Gasteiger partial charge in [-0.3, -0.25) is 18.8 Å². The summed E-state index contributed by atoms with van der Waals surface area (Å²) in [6, 6.07) is 7.85. The lowest BCUT2D eigenvalue weighted by molar-refractivity contribution is 0.0374. The summed E-state index contributed by atoms with van der Waals surface area (Å²) in [7, 11) is -0.904. The molecule has 1 aromatic carbocycles. The molecule has 4 heterocycles. The van der Waals surface area contributed by atoms with Crippen LogP contribution >= 0.6 is 11.6 Å². The maximum atomic E-state index is 13.4. The van der Waals surface area contributed by atoms with Crippen LogP contribution in [0.5, 0.6) is 11.6 Å². The number of likely N-dealkylation sites (tertiary alicyclic amines) is 1. The van der Waals surface area contributed by atoms with Crippen LogP contribution in [0.4, 0.5) is 10.1 Å². The second kappa shape index (κ2) is 9.61. The zero-order valence-electron chi connectivity index (χ0n) is 19.7. The van der Waals surface area contributed by atoms with Crippen molar-refractivity contribution in [2.45, 2.75) is 11.0 Å². The fourth-order valence-corrected chi connectivity index (χ4v) is 5.53. The Morgan fingerprint density at radius 1 is 1.11 bits per heavy atom. The fraction of sp³-hybridized carbons (Fsp3) is 0.208. The van der Waals surface area contributed by atoms with E-state index < -0.39 is 15.8 Å². The third-order valence-corrected chi connectivity index (χ3v) is 7.65. The molecule has 0 aliphatic carbocycles. The molecule has 4 aromatic rings. The van der Waals surface area contributed by atoms with Crippen molar-refractivity contribution in [1.82, 2.24) is 19.3 Å². The second-order valence-corrected chi connectivity index (χ2v) is 10.6. The Morgan fingerprint density at radius 2 is 1.89 bits per heavy atom. The quantitative estimate of drug-likeness (QED) is 0.377. The van der Waals surface area contributed by atoms with Crippen LogP contribution in [0.3, 0.4) is 0 Å². The molecular formula is C24H21ClFN5O5S. The number of sulfonamides is 1. The van der Waals surface area contributed by atoms with Crippen LogP contribution in [-0.2, 0) is 10.0 Å². The first-order chi connectivity index (χ1) is 17.6. The third-order valence-electron chi connectivity index (χ3n) is 5.80. The zero-order valence-corrected chi connectivity index (χ0v) is 21.3. The minimum Gasteiger partial charge on any atom is -0.481 e. The van der Waals surface area contributed by atoms with Crippen LogP contribution in [0.2, 0.25) is 5.02 Å². The molecule has 1 saturated heterocycles. The lowest BCUT2D eigenvalue weighted by Crippen LogP contribution is -2.51. The Labute approximate surface area is 216 Å². The van der Waals surface area contributed by atoms with E-state index in [2.05, 4.69) is 19.6 Å². The largest absolute Gasteiger partial charge is 0.481 e. The molecule has 13 heteroatoms. The highest BCUT2D eigenvalue weighted by Gasteiger charge is 2.26. The van der Waals surface area contributed by atoms with E-state index in [1.165, 1.54) is 30.0 Å². The van der Waals surface area contributed by atoms with E-state index in [9.17, 15) is 17.6 Å². The van der Waals surface area contributed by atoms with E-state index in [1.807, 2.05) is 7.05 Å². The summed E-state index contributed by atoms with van der Waals surface area (Å²) in [5, 5.41) is -0.274. The fourth-order valence-electron chi connectivity index (χ4n) is 3.95. The van der Waals surface area contributed by atoms with Gasteiger partial charge in [0.15, 0.2) is 0 Å². The summed E-state index contributed by atoms with van der Waals surface area (Å²) in [4.78, 5) is 23.3. The topological polar surface area (TPSA) is 115 Å². The summed E-state index contributed by atoms with van der Waals surface area (Å²) in [5.74, 6) is -0.517. The maximum absolute atomic E-state index is 13.4. The number of hydrogen-bond acceptors (Lipinski definition) is 8. The normalized spacial score (nSPS) is 14.4. The van der Waals surface area contributed by atoms with Crippen molar-refractivity contribution < 1.29 is 22.3 Å². The molecule has 0 atom stereocenters. The van der Waals surface area contributed by atoms with Gasteiger partial charge in [-0.2, -0.15) is 0 Å². The number of aromatic nitrogens is 3. The molecule has 192 valence electrons. The van der Waals surface area contributed by atoms with Crippen molar-refractivity contribution in [3.05, 3.63) is 76.2 Å². The predicted octanol–water partition coefficient (Wildman–Crippen LogP) is 3.05. The van der Waals surface area contributed by atoms with Crippen molar-refractivity contribution in [2.75, 3.05) is 32.0 Å². The number of rotatable bonds is 7. The molecule has 0 radical (unpaired) electrons. The highest BCUT2D eigenvalue weighted by Crippen LogP contribution is 2.32. The van der Waals surface area contributed by atoms with Gasteiger partial charge in [0.25, 0.3) is 15.6 Å². The predicted molar refractivity (Wildman–Crippen MR) is 135 cm³/mol. The van der Waals surface area contributed by atoms with Crippen molar-refractivity contribution in [1.29, 1.82) is 0 Å². The first kappa shape index (κ1) is 24.9. The molecule has 0 spiro atoms. The SMILES string of the molecule is COc1ncc(-c2ccc3ncc(OC4CN(C)C4)c(=O)n3c2)cc1NS(=O)(=O)c1ccc(F)cc1Cl. The summed E-state index contributed by atoms with van der Waals surface area (Å²) in [6.45, 7) is 1.45. The Hall–Kier alpha value is -3.74. The van der Waals surface area contributed by atoms with Gasteiger partial charge in [-0.1, -0.05) is 11.6 Å². The number of nitrogens with one attached hydrogen (secondary N) is 1. The van der Waals surface area contributed by atoms with Crippen LogP contribution in [0, 0.1) is 5.82 Å². The highest BCUT2D eigenvalue weighted by atomic mass is 35.5. The third kappa shape index (κ3) is 4.95. The number of pyridine rings is 2. The van der Waals surface area contributed by atoms with E-state index in [-0.39, 0.29) is 38.9 Å². The van der Waals surface area contributed by atoms with Crippen molar-refractivity contribution in [2.24, 2.45) is 0 Å². The van der Waals surface area contributed by atoms with Crippen LogP contribution in [0.15, 0.2) is 64.7 Å². The van der Waals surface area contributed by atoms with E-state index in [1.54, 1.807) is 18.3 Å². The van der Waals surface area contributed by atoms with E-state index in [4.69, 9.17) is 21.1 Å². The number of likely N-dealkylation sites (N-methyl/N-ethyl adjacent to an activating group) is 1. The van der Waals surface area contributed by atoms with Crippen LogP contribution < -0.4 is 19.8 Å². The Balaban J connectivity index is 1.50. The minimum atomic E-state index is -4.21. The second-order valence-electron chi connectivity index (χ2n) is 8.50. The van der Waals surface area contributed by atoms with E-state index >= 15 is 0 Å². The number of methoxy groups -OCH3 is 1. The monoisotopic (exact) mass is 545 g/mol. The first-order valence-electron chi connectivity index (χ1n) is 11.0. The summed E-state index contributed by atoms with van der Waals surface area (Å²) < 4.78 is 54.1. The molecule has 3 aromatic heterocycles. The highest BCUT2D eigenvalue weighted by molar-refractivity contribution is 7.92. The molecular weight excluding hydrogens is 525 g/mol. The van der Waals surface area contributed by atoms with Gasteiger partial charge < -0.3 is 9.47 Å². The zero-order chi connectivity index (χ0) is 26.3. The number of nitrogens with zero attached hydrogens (tertiary/aromatic N) is 4. The van der Waals surface area contributed by atoms with Crippen LogP contribution in [0.25, 0.3) is 16.8 Å². The van der Waals surface area contributed by atoms with Crippen LogP contribution in [0.1, 0.15) is 0 Å². The number of ether oxygens (including phenoxy) is 2. The number of anilines is 1. The molecule has 10 nitrogen and oxygen atoms in total. The molecule has 0 saturated carbocycles. The summed E-state index contributed by atoms with van der Waals surface area (Å²) in [6.07, 6.45) is 4.39. The minimum absolute atomic E-state index is 0.00587. The summed E-state index contributed by atoms with van der Waals surface area (Å²) in [5.41, 5.74) is 1.13. The Morgan fingerprint density at radius 3 is 2.59 bits per heavy atom. The number of benzene rings is 1.